The fourth-order valence-corrected chi connectivity index (χ4v) is 2.22. The summed E-state index contributed by atoms with van der Waals surface area (Å²) in [5.41, 5.74) is 0.567. The van der Waals surface area contributed by atoms with Crippen molar-refractivity contribution in [2.45, 2.75) is 19.4 Å². The third-order valence-corrected chi connectivity index (χ3v) is 3.93. The molecule has 1 amide bonds. The van der Waals surface area contributed by atoms with E-state index in [2.05, 4.69) is 5.32 Å². The Labute approximate surface area is 144 Å². The van der Waals surface area contributed by atoms with Gasteiger partial charge in [0.15, 0.2) is 6.10 Å². The second-order valence-corrected chi connectivity index (χ2v) is 5.84. The highest BCUT2D eigenvalue weighted by molar-refractivity contribution is 6.42. The molecule has 2 aromatic rings. The number of halogens is 3. The Morgan fingerprint density at radius 2 is 1.77 bits per heavy atom. The molecule has 0 radical (unpaired) electrons. The van der Waals surface area contributed by atoms with Crippen LogP contribution in [0, 0.1) is 0 Å². The van der Waals surface area contributed by atoms with Crippen LogP contribution in [-0.2, 0) is 4.79 Å². The highest BCUT2D eigenvalue weighted by Gasteiger charge is 2.18. The number of carbonyl (C=O) groups excluding carboxylic acids is 1. The van der Waals surface area contributed by atoms with Gasteiger partial charge in [0.05, 0.1) is 10.0 Å². The number of benzene rings is 2. The summed E-state index contributed by atoms with van der Waals surface area (Å²) in [6.45, 7) is 1.87. The van der Waals surface area contributed by atoms with Gasteiger partial charge in [0, 0.05) is 10.7 Å². The van der Waals surface area contributed by atoms with Crippen molar-refractivity contribution in [2.24, 2.45) is 0 Å². The number of hydrogen-bond donors (Lipinski definition) is 1. The van der Waals surface area contributed by atoms with E-state index in [9.17, 15) is 4.79 Å². The van der Waals surface area contributed by atoms with Crippen molar-refractivity contribution in [1.29, 1.82) is 0 Å². The van der Waals surface area contributed by atoms with Gasteiger partial charge >= 0.3 is 0 Å². The first kappa shape index (κ1) is 16.9. The second kappa shape index (κ2) is 7.73. The average Bonchev–Trinajstić information content (AvgIpc) is 2.50. The van der Waals surface area contributed by atoms with Gasteiger partial charge in [0.25, 0.3) is 5.91 Å². The quantitative estimate of drug-likeness (QED) is 0.772. The predicted octanol–water partition coefficient (Wildman–Crippen LogP) is 5.44. The summed E-state index contributed by atoms with van der Waals surface area (Å²) in [6.07, 6.45) is -0.0916. The van der Waals surface area contributed by atoms with Crippen LogP contribution in [0.15, 0.2) is 42.5 Å². The van der Waals surface area contributed by atoms with E-state index in [0.717, 1.165) is 0 Å². The zero-order valence-electron chi connectivity index (χ0n) is 11.8. The Kier molecular flexibility index (Phi) is 5.95. The molecule has 1 atom stereocenters. The standard InChI is InChI=1S/C16H14Cl3NO2/c1-2-15(22-12-6-3-10(17)4-7-12)16(21)20-11-5-8-13(18)14(19)9-11/h3-9,15H,2H2,1H3,(H,20,21)/t15-/m0/s1. The minimum Gasteiger partial charge on any atom is -0.481 e. The molecule has 2 rings (SSSR count). The third kappa shape index (κ3) is 4.54. The van der Waals surface area contributed by atoms with Crippen molar-refractivity contribution in [3.05, 3.63) is 57.5 Å². The normalized spacial score (nSPS) is 11.8. The lowest BCUT2D eigenvalue weighted by Gasteiger charge is -2.17. The fourth-order valence-electron chi connectivity index (χ4n) is 1.80. The molecule has 0 spiro atoms. The first-order chi connectivity index (χ1) is 10.5. The largest absolute Gasteiger partial charge is 0.481 e. The van der Waals surface area contributed by atoms with Crippen LogP contribution in [0.4, 0.5) is 5.69 Å². The van der Waals surface area contributed by atoms with Gasteiger partial charge in [-0.2, -0.15) is 0 Å². The van der Waals surface area contributed by atoms with Gasteiger partial charge in [-0.05, 0) is 48.9 Å². The van der Waals surface area contributed by atoms with E-state index < -0.39 is 6.10 Å². The highest BCUT2D eigenvalue weighted by Crippen LogP contribution is 2.25. The van der Waals surface area contributed by atoms with Gasteiger partial charge in [-0.1, -0.05) is 41.7 Å². The molecule has 0 saturated carbocycles. The van der Waals surface area contributed by atoms with Crippen molar-refractivity contribution in [1.82, 2.24) is 0 Å². The number of anilines is 1. The average molecular weight is 359 g/mol. The Balaban J connectivity index is 2.04. The molecule has 0 aliphatic heterocycles. The van der Waals surface area contributed by atoms with Crippen molar-refractivity contribution in [3.63, 3.8) is 0 Å². The van der Waals surface area contributed by atoms with Gasteiger partial charge in [-0.15, -0.1) is 0 Å². The zero-order valence-corrected chi connectivity index (χ0v) is 14.0. The van der Waals surface area contributed by atoms with Crippen molar-refractivity contribution in [2.75, 3.05) is 5.32 Å². The van der Waals surface area contributed by atoms with E-state index in [4.69, 9.17) is 39.5 Å². The molecule has 22 heavy (non-hydrogen) atoms. The second-order valence-electron chi connectivity index (χ2n) is 4.59. The van der Waals surface area contributed by atoms with Crippen LogP contribution in [0.1, 0.15) is 13.3 Å². The first-order valence-electron chi connectivity index (χ1n) is 6.67. The molecule has 0 aliphatic carbocycles. The van der Waals surface area contributed by atoms with Crippen molar-refractivity contribution in [3.8, 4) is 5.75 Å². The smallest absolute Gasteiger partial charge is 0.265 e. The number of ether oxygens (including phenoxy) is 1. The maximum atomic E-state index is 12.3. The highest BCUT2D eigenvalue weighted by atomic mass is 35.5. The summed E-state index contributed by atoms with van der Waals surface area (Å²) in [6, 6.07) is 11.8. The number of hydrogen-bond acceptors (Lipinski definition) is 2. The summed E-state index contributed by atoms with van der Waals surface area (Å²) < 4.78 is 5.68. The number of nitrogens with one attached hydrogen (secondary N) is 1. The first-order valence-corrected chi connectivity index (χ1v) is 7.81. The summed E-state index contributed by atoms with van der Waals surface area (Å²) in [7, 11) is 0. The summed E-state index contributed by atoms with van der Waals surface area (Å²) in [5, 5.41) is 4.19. The van der Waals surface area contributed by atoms with Gasteiger partial charge in [0.1, 0.15) is 5.75 Å². The zero-order chi connectivity index (χ0) is 16.1. The summed E-state index contributed by atoms with van der Waals surface area (Å²) in [5.74, 6) is 0.330. The van der Waals surface area contributed by atoms with E-state index in [1.165, 1.54) is 0 Å². The molecular weight excluding hydrogens is 345 g/mol. The maximum absolute atomic E-state index is 12.3. The number of amides is 1. The number of carbonyl (C=O) groups is 1. The molecule has 0 bridgehead atoms. The molecule has 2 aromatic carbocycles. The molecule has 0 saturated heterocycles. The topological polar surface area (TPSA) is 38.3 Å². The van der Waals surface area contributed by atoms with E-state index in [-0.39, 0.29) is 5.91 Å². The van der Waals surface area contributed by atoms with E-state index in [0.29, 0.717) is 32.9 Å². The van der Waals surface area contributed by atoms with Crippen molar-refractivity contribution < 1.29 is 9.53 Å². The minimum absolute atomic E-state index is 0.254. The van der Waals surface area contributed by atoms with E-state index in [1.54, 1.807) is 42.5 Å². The lowest BCUT2D eigenvalue weighted by atomic mass is 10.2. The van der Waals surface area contributed by atoms with Gasteiger partial charge in [-0.25, -0.2) is 0 Å². The monoisotopic (exact) mass is 357 g/mol. The van der Waals surface area contributed by atoms with Crippen LogP contribution in [0.25, 0.3) is 0 Å². The Bertz CT molecular complexity index is 659. The molecule has 0 fully saturated rings. The van der Waals surface area contributed by atoms with Crippen LogP contribution in [0.3, 0.4) is 0 Å². The molecule has 0 aliphatic rings. The molecule has 3 nitrogen and oxygen atoms in total. The SMILES string of the molecule is CC[C@H](Oc1ccc(Cl)cc1)C(=O)Nc1ccc(Cl)c(Cl)c1. The summed E-state index contributed by atoms with van der Waals surface area (Å²) in [4.78, 5) is 12.3. The minimum atomic E-state index is -0.615. The molecule has 1 N–H and O–H groups in total. The van der Waals surface area contributed by atoms with Crippen molar-refractivity contribution >= 4 is 46.4 Å². The molecule has 0 heterocycles. The third-order valence-electron chi connectivity index (χ3n) is 2.94. The Morgan fingerprint density at radius 3 is 2.36 bits per heavy atom. The van der Waals surface area contributed by atoms with Crippen LogP contribution < -0.4 is 10.1 Å². The molecule has 6 heteroatoms. The molecule has 0 aromatic heterocycles. The fraction of sp³-hybridized carbons (Fsp3) is 0.188. The van der Waals surface area contributed by atoms with Crippen LogP contribution in [-0.4, -0.2) is 12.0 Å². The Morgan fingerprint density at radius 1 is 1.09 bits per heavy atom. The lowest BCUT2D eigenvalue weighted by molar-refractivity contribution is -0.122. The summed E-state index contributed by atoms with van der Waals surface area (Å²) >= 11 is 17.6. The van der Waals surface area contributed by atoms with Gasteiger partial charge < -0.3 is 10.1 Å². The molecule has 116 valence electrons. The van der Waals surface area contributed by atoms with Crippen LogP contribution >= 0.6 is 34.8 Å². The predicted molar refractivity (Wildman–Crippen MR) is 91.3 cm³/mol. The molecule has 0 unspecified atom stereocenters. The maximum Gasteiger partial charge on any atom is 0.265 e. The van der Waals surface area contributed by atoms with E-state index in [1.807, 2.05) is 6.92 Å². The van der Waals surface area contributed by atoms with Gasteiger partial charge in [0.2, 0.25) is 0 Å². The lowest BCUT2D eigenvalue weighted by Crippen LogP contribution is -2.32. The van der Waals surface area contributed by atoms with Crippen LogP contribution in [0.2, 0.25) is 15.1 Å². The number of rotatable bonds is 5. The van der Waals surface area contributed by atoms with E-state index >= 15 is 0 Å². The van der Waals surface area contributed by atoms with Gasteiger partial charge in [-0.3, -0.25) is 4.79 Å². The molecular formula is C16H14Cl3NO2. The Hall–Kier alpha value is -1.42. The van der Waals surface area contributed by atoms with Crippen LogP contribution in [0.5, 0.6) is 5.75 Å².